The fourth-order valence-electron chi connectivity index (χ4n) is 4.29. The predicted octanol–water partition coefficient (Wildman–Crippen LogP) is 2.93. The van der Waals surface area contributed by atoms with Crippen molar-refractivity contribution in [3.63, 3.8) is 0 Å². The molecule has 2 aromatic heterocycles. The number of piperidine rings is 1. The number of aliphatic hydroxyl groups is 1. The van der Waals surface area contributed by atoms with Crippen LogP contribution in [0.5, 0.6) is 0 Å². The van der Waals surface area contributed by atoms with Crippen LogP contribution in [-0.2, 0) is 6.18 Å². The van der Waals surface area contributed by atoms with Crippen molar-refractivity contribution in [3.05, 3.63) is 35.2 Å². The molecule has 2 aliphatic heterocycles. The first-order valence-electron chi connectivity index (χ1n) is 10.5. The van der Waals surface area contributed by atoms with E-state index in [0.717, 1.165) is 44.1 Å². The van der Waals surface area contributed by atoms with Crippen molar-refractivity contribution in [2.75, 3.05) is 37.7 Å². The van der Waals surface area contributed by atoms with Crippen LogP contribution in [0.2, 0.25) is 0 Å². The maximum absolute atomic E-state index is 13.7. The highest BCUT2D eigenvalue weighted by Crippen LogP contribution is 2.38. The molecule has 0 bridgehead atoms. The zero-order chi connectivity index (χ0) is 22.2. The number of halogens is 3. The minimum absolute atomic E-state index is 0.0354. The van der Waals surface area contributed by atoms with Crippen molar-refractivity contribution < 1.29 is 18.3 Å². The molecule has 31 heavy (non-hydrogen) atoms. The van der Waals surface area contributed by atoms with Gasteiger partial charge in [-0.25, -0.2) is 9.67 Å². The second kappa shape index (κ2) is 8.48. The lowest BCUT2D eigenvalue weighted by Crippen LogP contribution is -2.47. The van der Waals surface area contributed by atoms with Crippen LogP contribution in [0.3, 0.4) is 0 Å². The van der Waals surface area contributed by atoms with Gasteiger partial charge in [-0.2, -0.15) is 23.5 Å². The fourth-order valence-corrected chi connectivity index (χ4v) is 4.29. The van der Waals surface area contributed by atoms with Gasteiger partial charge in [0.2, 0.25) is 0 Å². The van der Waals surface area contributed by atoms with Gasteiger partial charge in [0.1, 0.15) is 17.5 Å². The lowest BCUT2D eigenvalue weighted by Gasteiger charge is -2.40. The van der Waals surface area contributed by atoms with E-state index in [1.54, 1.807) is 17.2 Å². The lowest BCUT2D eigenvalue weighted by molar-refractivity contribution is -0.137. The van der Waals surface area contributed by atoms with E-state index in [2.05, 4.69) is 15.0 Å². The Morgan fingerprint density at radius 3 is 2.52 bits per heavy atom. The van der Waals surface area contributed by atoms with Crippen molar-refractivity contribution in [2.45, 2.75) is 44.3 Å². The summed E-state index contributed by atoms with van der Waals surface area (Å²) in [4.78, 5) is 8.34. The molecule has 166 valence electrons. The largest absolute Gasteiger partial charge is 0.417 e. The molecule has 7 nitrogen and oxygen atoms in total. The molecule has 2 saturated heterocycles. The molecule has 1 N–H and O–H groups in total. The number of rotatable bonds is 5. The van der Waals surface area contributed by atoms with E-state index in [9.17, 15) is 18.4 Å². The van der Waals surface area contributed by atoms with Gasteiger partial charge in [-0.1, -0.05) is 0 Å². The molecular formula is C21H25F3N6O. The summed E-state index contributed by atoms with van der Waals surface area (Å²) in [5.74, 6) is 0.344. The molecule has 0 radical (unpaired) electrons. The molecule has 2 aliphatic rings. The Morgan fingerprint density at radius 1 is 1.23 bits per heavy atom. The van der Waals surface area contributed by atoms with Gasteiger partial charge in [0.05, 0.1) is 17.9 Å². The van der Waals surface area contributed by atoms with Crippen LogP contribution < -0.4 is 4.90 Å². The third kappa shape index (κ3) is 4.25. The molecule has 4 heterocycles. The number of nitriles is 1. The Hall–Kier alpha value is -2.64. The molecule has 0 aliphatic carbocycles. The number of alkyl halides is 3. The van der Waals surface area contributed by atoms with E-state index in [1.807, 2.05) is 13.0 Å². The zero-order valence-corrected chi connectivity index (χ0v) is 17.3. The molecule has 2 fully saturated rings. The second-order valence-corrected chi connectivity index (χ2v) is 8.19. The minimum atomic E-state index is -4.67. The zero-order valence-electron chi connectivity index (χ0n) is 17.3. The number of anilines is 1. The topological polar surface area (TPSA) is 81.2 Å². The highest BCUT2D eigenvalue weighted by molar-refractivity contribution is 5.62. The van der Waals surface area contributed by atoms with Gasteiger partial charge < -0.3 is 14.9 Å². The monoisotopic (exact) mass is 434 g/mol. The fraction of sp³-hybridized carbons (Fsp3) is 0.571. The van der Waals surface area contributed by atoms with Gasteiger partial charge in [-0.15, -0.1) is 0 Å². The molecule has 0 unspecified atom stereocenters. The van der Waals surface area contributed by atoms with E-state index in [4.69, 9.17) is 5.11 Å². The average Bonchev–Trinajstić information content (AvgIpc) is 3.22. The molecule has 1 atom stereocenters. The highest BCUT2D eigenvalue weighted by Gasteiger charge is 2.39. The van der Waals surface area contributed by atoms with Gasteiger partial charge in [0.25, 0.3) is 0 Å². The number of hydrogen-bond donors (Lipinski definition) is 1. The van der Waals surface area contributed by atoms with Crippen LogP contribution in [0.1, 0.15) is 48.9 Å². The van der Waals surface area contributed by atoms with Gasteiger partial charge >= 0.3 is 6.18 Å². The Bertz CT molecular complexity index is 974. The number of hydrogen-bond acceptors (Lipinski definition) is 6. The molecule has 0 saturated carbocycles. The molecular weight excluding hydrogens is 409 g/mol. The number of aromatic nitrogens is 3. The summed E-state index contributed by atoms with van der Waals surface area (Å²) in [6, 6.07) is 4.48. The van der Waals surface area contributed by atoms with Crippen LogP contribution in [0.25, 0.3) is 5.82 Å². The number of nitrogens with zero attached hydrogens (tertiary/aromatic N) is 6. The first-order valence-corrected chi connectivity index (χ1v) is 10.5. The van der Waals surface area contributed by atoms with Gasteiger partial charge in [-0.05, 0) is 51.4 Å². The van der Waals surface area contributed by atoms with Crippen molar-refractivity contribution in [1.82, 2.24) is 19.7 Å². The van der Waals surface area contributed by atoms with E-state index < -0.39 is 17.3 Å². The van der Waals surface area contributed by atoms with Crippen LogP contribution in [0, 0.1) is 11.3 Å². The van der Waals surface area contributed by atoms with Crippen LogP contribution >= 0.6 is 0 Å². The first-order chi connectivity index (χ1) is 14.8. The Kier molecular flexibility index (Phi) is 5.90. The van der Waals surface area contributed by atoms with Crippen LogP contribution in [0.4, 0.5) is 19.0 Å². The summed E-state index contributed by atoms with van der Waals surface area (Å²) in [7, 11) is 0. The van der Waals surface area contributed by atoms with Gasteiger partial charge in [0, 0.05) is 31.2 Å². The minimum Gasteiger partial charge on any atom is -0.395 e. The quantitative estimate of drug-likeness (QED) is 0.780. The van der Waals surface area contributed by atoms with E-state index >= 15 is 0 Å². The third-order valence-corrected chi connectivity index (χ3v) is 6.26. The van der Waals surface area contributed by atoms with Gasteiger partial charge in [0.15, 0.2) is 5.82 Å². The lowest BCUT2D eigenvalue weighted by atomic mass is 9.94. The van der Waals surface area contributed by atoms with Crippen molar-refractivity contribution in [3.8, 4) is 11.9 Å². The Balaban J connectivity index is 1.66. The summed E-state index contributed by atoms with van der Waals surface area (Å²) in [5.41, 5.74) is -0.600. The van der Waals surface area contributed by atoms with Crippen LogP contribution in [-0.4, -0.2) is 63.6 Å². The number of β-amino-alcohol motifs (C(OH)–C–C–N with tert-alkyl or cyclic N) is 1. The molecule has 0 amide bonds. The van der Waals surface area contributed by atoms with Crippen molar-refractivity contribution in [1.29, 1.82) is 5.26 Å². The highest BCUT2D eigenvalue weighted by atomic mass is 19.4. The Morgan fingerprint density at radius 2 is 1.97 bits per heavy atom. The van der Waals surface area contributed by atoms with Crippen LogP contribution in [0.15, 0.2) is 18.3 Å². The summed E-state index contributed by atoms with van der Waals surface area (Å²) in [5, 5.41) is 23.1. The molecule has 0 aromatic carbocycles. The summed E-state index contributed by atoms with van der Waals surface area (Å²) < 4.78 is 42.6. The molecule has 0 spiro atoms. The van der Waals surface area contributed by atoms with E-state index in [1.165, 1.54) is 4.68 Å². The van der Waals surface area contributed by atoms with Crippen molar-refractivity contribution >= 4 is 5.82 Å². The predicted molar refractivity (Wildman–Crippen MR) is 108 cm³/mol. The number of pyridine rings is 1. The SMILES string of the molecule is C[C@H]1CCN1c1nc(-n2ccc(C3CCN(CCO)CC3)n2)cc(C(F)(F)F)c1C#N. The van der Waals surface area contributed by atoms with Gasteiger partial charge in [-0.3, -0.25) is 0 Å². The standard InChI is InChI=1S/C21H25F3N6O/c1-14-2-8-29(14)20-16(13-25)17(21(22,23)24)12-19(26-20)30-9-5-18(27-30)15-3-6-28(7-4-15)10-11-31/h5,9,12,14-15,31H,2-4,6-8,10-11H2,1H3/t14-/m0/s1. The molecule has 4 rings (SSSR count). The number of likely N-dealkylation sites (tertiary alicyclic amines) is 1. The summed E-state index contributed by atoms with van der Waals surface area (Å²) in [6.07, 6.45) is -0.433. The van der Waals surface area contributed by atoms with E-state index in [-0.39, 0.29) is 30.2 Å². The van der Waals surface area contributed by atoms with Crippen molar-refractivity contribution in [2.24, 2.45) is 0 Å². The first kappa shape index (κ1) is 21.6. The molecule has 2 aromatic rings. The maximum Gasteiger partial charge on any atom is 0.417 e. The summed E-state index contributed by atoms with van der Waals surface area (Å²) >= 11 is 0. The summed E-state index contributed by atoms with van der Waals surface area (Å²) in [6.45, 7) is 4.95. The third-order valence-electron chi connectivity index (χ3n) is 6.26. The molecule has 10 heteroatoms. The smallest absolute Gasteiger partial charge is 0.395 e. The average molecular weight is 434 g/mol. The maximum atomic E-state index is 13.7. The van der Waals surface area contributed by atoms with E-state index in [0.29, 0.717) is 13.1 Å². The second-order valence-electron chi connectivity index (χ2n) is 8.19. The Labute approximate surface area is 178 Å². The number of aliphatic hydroxyl groups excluding tert-OH is 1. The normalized spacial score (nSPS) is 20.5.